The van der Waals surface area contributed by atoms with Crippen LogP contribution in [0.25, 0.3) is 10.8 Å². The van der Waals surface area contributed by atoms with Gasteiger partial charge in [0.05, 0.1) is 23.1 Å². The van der Waals surface area contributed by atoms with Crippen LogP contribution in [0.4, 0.5) is 11.4 Å². The first-order chi connectivity index (χ1) is 15.4. The van der Waals surface area contributed by atoms with E-state index in [9.17, 15) is 13.2 Å². The average Bonchev–Trinajstić information content (AvgIpc) is 3.13. The Morgan fingerprint density at radius 3 is 2.47 bits per heavy atom. The van der Waals surface area contributed by atoms with Gasteiger partial charge >= 0.3 is 0 Å². The van der Waals surface area contributed by atoms with Gasteiger partial charge in [-0.2, -0.15) is 4.31 Å². The molecule has 9 heteroatoms. The Morgan fingerprint density at radius 1 is 1.03 bits per heavy atom. The zero-order chi connectivity index (χ0) is 22.5. The molecule has 1 amide bonds. The smallest absolute Gasteiger partial charge is 0.256 e. The van der Waals surface area contributed by atoms with Crippen LogP contribution in [0.5, 0.6) is 0 Å². The zero-order valence-electron chi connectivity index (χ0n) is 17.5. The quantitative estimate of drug-likeness (QED) is 0.613. The number of nitrogens with zero attached hydrogens (tertiary/aromatic N) is 2. The van der Waals surface area contributed by atoms with Crippen molar-refractivity contribution in [1.29, 1.82) is 0 Å². The van der Waals surface area contributed by atoms with Gasteiger partial charge in [-0.15, -0.1) is 0 Å². The van der Waals surface area contributed by atoms with Gasteiger partial charge in [0.1, 0.15) is 0 Å². The first-order valence-corrected chi connectivity index (χ1v) is 12.1. The number of amides is 1. The highest BCUT2D eigenvalue weighted by Crippen LogP contribution is 2.42. The summed E-state index contributed by atoms with van der Waals surface area (Å²) in [5, 5.41) is 5.12. The van der Waals surface area contributed by atoms with Crippen molar-refractivity contribution in [2.75, 3.05) is 43.6 Å². The molecule has 2 aliphatic heterocycles. The summed E-state index contributed by atoms with van der Waals surface area (Å²) in [7, 11) is -1.57. The molecule has 5 rings (SSSR count). The van der Waals surface area contributed by atoms with E-state index in [-0.39, 0.29) is 10.8 Å². The number of nitrogens with one attached hydrogen (secondary N) is 1. The maximum absolute atomic E-state index is 12.8. The zero-order valence-corrected chi connectivity index (χ0v) is 19.0. The predicted octanol–water partition coefficient (Wildman–Crippen LogP) is 3.72. The third kappa shape index (κ3) is 3.53. The molecule has 32 heavy (non-hydrogen) atoms. The van der Waals surface area contributed by atoms with Crippen molar-refractivity contribution >= 4 is 49.7 Å². The molecule has 0 aliphatic carbocycles. The first-order valence-electron chi connectivity index (χ1n) is 10.3. The van der Waals surface area contributed by atoms with Crippen LogP contribution in [0.2, 0.25) is 5.02 Å². The number of morpholine rings is 1. The van der Waals surface area contributed by atoms with Crippen molar-refractivity contribution < 1.29 is 17.9 Å². The van der Waals surface area contributed by atoms with E-state index < -0.39 is 10.0 Å². The van der Waals surface area contributed by atoms with Crippen LogP contribution in [-0.4, -0.2) is 52.0 Å². The molecule has 1 fully saturated rings. The number of ether oxygens (including phenoxy) is 1. The largest absolute Gasteiger partial charge is 0.379 e. The first kappa shape index (κ1) is 21.2. The summed E-state index contributed by atoms with van der Waals surface area (Å²) in [6, 6.07) is 14.3. The molecule has 2 heterocycles. The molecular formula is C23H22ClN3O4S. The number of carbonyl (C=O) groups excluding carboxylic acids is 1. The highest BCUT2D eigenvalue weighted by atomic mass is 35.5. The fourth-order valence-electron chi connectivity index (χ4n) is 4.30. The normalized spacial score (nSPS) is 16.4. The third-order valence-corrected chi connectivity index (χ3v) is 8.17. The van der Waals surface area contributed by atoms with Crippen LogP contribution < -0.4 is 10.2 Å². The van der Waals surface area contributed by atoms with Gasteiger partial charge in [-0.25, -0.2) is 8.42 Å². The van der Waals surface area contributed by atoms with Gasteiger partial charge in [0.2, 0.25) is 10.0 Å². The minimum absolute atomic E-state index is 0.126. The molecule has 0 unspecified atom stereocenters. The number of benzene rings is 3. The van der Waals surface area contributed by atoms with Gasteiger partial charge in [0, 0.05) is 54.4 Å². The molecule has 0 radical (unpaired) electrons. The van der Waals surface area contributed by atoms with Crippen molar-refractivity contribution in [3.05, 3.63) is 64.7 Å². The molecule has 2 aliphatic rings. The second-order valence-corrected chi connectivity index (χ2v) is 10.3. The van der Waals surface area contributed by atoms with Gasteiger partial charge in [-0.05, 0) is 42.0 Å². The summed E-state index contributed by atoms with van der Waals surface area (Å²) in [4.78, 5) is 14.6. The van der Waals surface area contributed by atoms with Gasteiger partial charge < -0.3 is 15.0 Å². The Kier molecular flexibility index (Phi) is 5.33. The molecule has 1 N–H and O–H groups in total. The van der Waals surface area contributed by atoms with Gasteiger partial charge in [0.25, 0.3) is 5.91 Å². The third-order valence-electron chi connectivity index (χ3n) is 5.94. The van der Waals surface area contributed by atoms with E-state index >= 15 is 0 Å². The topological polar surface area (TPSA) is 79.0 Å². The monoisotopic (exact) mass is 471 g/mol. The van der Waals surface area contributed by atoms with E-state index in [1.165, 1.54) is 4.31 Å². The number of hydrogen-bond donors (Lipinski definition) is 1. The highest BCUT2D eigenvalue weighted by Gasteiger charge is 2.27. The Bertz CT molecular complexity index is 1320. The molecule has 3 aromatic rings. The number of carbonyl (C=O) groups is 1. The van der Waals surface area contributed by atoms with Crippen molar-refractivity contribution in [3.8, 4) is 0 Å². The summed E-state index contributed by atoms with van der Waals surface area (Å²) in [6.07, 6.45) is 0. The molecule has 0 atom stereocenters. The Balaban J connectivity index is 1.42. The van der Waals surface area contributed by atoms with Crippen LogP contribution in [0, 0.1) is 0 Å². The van der Waals surface area contributed by atoms with Crippen LogP contribution in [0.15, 0.2) is 53.4 Å². The van der Waals surface area contributed by atoms with Gasteiger partial charge in [-0.1, -0.05) is 23.7 Å². The molecule has 0 bridgehead atoms. The lowest BCUT2D eigenvalue weighted by Gasteiger charge is -2.26. The van der Waals surface area contributed by atoms with Crippen molar-refractivity contribution in [2.24, 2.45) is 0 Å². The maximum atomic E-state index is 12.8. The number of rotatable bonds is 5. The van der Waals surface area contributed by atoms with Crippen molar-refractivity contribution in [2.45, 2.75) is 11.4 Å². The molecule has 0 saturated carbocycles. The summed E-state index contributed by atoms with van der Waals surface area (Å²) in [6.45, 7) is 2.13. The fraction of sp³-hybridized carbons (Fsp3) is 0.261. The molecule has 1 saturated heterocycles. The van der Waals surface area contributed by atoms with Gasteiger partial charge in [0.15, 0.2) is 0 Å². The minimum atomic E-state index is -3.52. The average molecular weight is 472 g/mol. The lowest BCUT2D eigenvalue weighted by molar-refractivity contribution is 0.0730. The Morgan fingerprint density at radius 2 is 1.75 bits per heavy atom. The Hall–Kier alpha value is -2.65. The van der Waals surface area contributed by atoms with E-state index in [2.05, 4.69) is 5.32 Å². The maximum Gasteiger partial charge on any atom is 0.256 e. The summed E-state index contributed by atoms with van der Waals surface area (Å²) in [5.41, 5.74) is 3.24. The predicted molar refractivity (Wildman–Crippen MR) is 125 cm³/mol. The van der Waals surface area contributed by atoms with E-state index in [4.69, 9.17) is 16.3 Å². The minimum Gasteiger partial charge on any atom is -0.379 e. The second kappa shape index (κ2) is 8.04. The van der Waals surface area contributed by atoms with Crippen molar-refractivity contribution in [3.63, 3.8) is 0 Å². The number of sulfonamides is 1. The lowest BCUT2D eigenvalue weighted by atomic mass is 10.0. The lowest BCUT2D eigenvalue weighted by Crippen LogP contribution is -2.40. The van der Waals surface area contributed by atoms with E-state index in [0.717, 1.165) is 27.7 Å². The fourth-order valence-corrected chi connectivity index (χ4v) is 5.96. The molecule has 166 valence electrons. The van der Waals surface area contributed by atoms with Gasteiger partial charge in [-0.3, -0.25) is 4.79 Å². The molecule has 0 aromatic heterocycles. The summed E-state index contributed by atoms with van der Waals surface area (Å²) < 4.78 is 32.4. The van der Waals surface area contributed by atoms with Crippen LogP contribution in [0.1, 0.15) is 15.9 Å². The summed E-state index contributed by atoms with van der Waals surface area (Å²) >= 11 is 6.53. The van der Waals surface area contributed by atoms with Crippen LogP contribution >= 0.6 is 11.6 Å². The molecule has 3 aromatic carbocycles. The van der Waals surface area contributed by atoms with E-state index in [1.54, 1.807) is 24.3 Å². The van der Waals surface area contributed by atoms with Crippen molar-refractivity contribution in [1.82, 2.24) is 4.31 Å². The SMILES string of the molecule is CN(Cc1ccc(S(=O)(=O)N2CCOCC2)cc1)c1ccc2c3c(ccc(Cl)c13)C(=O)N2. The number of hydrogen-bond acceptors (Lipinski definition) is 5. The van der Waals surface area contributed by atoms with Crippen LogP contribution in [-0.2, 0) is 21.3 Å². The second-order valence-electron chi connectivity index (χ2n) is 7.95. The Labute approximate surface area is 191 Å². The number of anilines is 2. The standard InChI is InChI=1S/C23H22ClN3O4S/c1-26(20-9-8-19-21-17(23(28)25-19)6-7-18(24)22(20)21)14-15-2-4-16(5-3-15)32(29,30)27-10-12-31-13-11-27/h2-9H,10-14H2,1H3,(H,25,28). The number of halogens is 1. The highest BCUT2D eigenvalue weighted by molar-refractivity contribution is 7.89. The van der Waals surface area contributed by atoms with E-state index in [0.29, 0.717) is 43.4 Å². The molecule has 7 nitrogen and oxygen atoms in total. The van der Waals surface area contributed by atoms with Crippen LogP contribution in [0.3, 0.4) is 0 Å². The molecule has 0 spiro atoms. The molecular weight excluding hydrogens is 450 g/mol. The summed E-state index contributed by atoms with van der Waals surface area (Å²) in [5.74, 6) is -0.126. The van der Waals surface area contributed by atoms with E-state index in [1.807, 2.05) is 36.2 Å².